The number of rotatable bonds is 6. The largest absolute Gasteiger partial charge is 0.443 e. The lowest BCUT2D eigenvalue weighted by atomic mass is 10.2. The van der Waals surface area contributed by atoms with Crippen molar-refractivity contribution in [1.82, 2.24) is 19.6 Å². The lowest BCUT2D eigenvalue weighted by Gasteiger charge is -2.24. The number of primary amides is 1. The molecular formula is C21H28N6O5S. The molecule has 2 aromatic rings. The first-order valence-corrected chi connectivity index (χ1v) is 11.5. The second-order valence-corrected chi connectivity index (χ2v) is 10.1. The molecule has 2 aromatic heterocycles. The van der Waals surface area contributed by atoms with Gasteiger partial charge in [-0.15, -0.1) is 11.3 Å². The maximum atomic E-state index is 13.2. The van der Waals surface area contributed by atoms with Crippen LogP contribution in [-0.4, -0.2) is 31.9 Å². The van der Waals surface area contributed by atoms with Gasteiger partial charge in [0.1, 0.15) is 10.4 Å². The Bertz CT molecular complexity index is 1240. The number of aryl methyl sites for hydroxylation is 2. The minimum absolute atomic E-state index is 0.102. The molecule has 3 amide bonds. The molecule has 0 spiro atoms. The highest BCUT2D eigenvalue weighted by atomic mass is 32.1. The van der Waals surface area contributed by atoms with Crippen molar-refractivity contribution in [3.63, 3.8) is 0 Å². The van der Waals surface area contributed by atoms with Gasteiger partial charge in [0.25, 0.3) is 5.56 Å². The number of amides is 3. The molecule has 0 bridgehead atoms. The zero-order chi connectivity index (χ0) is 24.5. The van der Waals surface area contributed by atoms with E-state index in [-0.39, 0.29) is 30.3 Å². The molecule has 0 aliphatic heterocycles. The number of nitrogens with one attached hydrogen (secondary N) is 1. The standard InChI is InChI=1S/C21H28N6O5S/c1-12-14(11-26(18(23)29)24-19(30)32-21(2,3)4)33-17-15(12)16(28)27(13-7-8-13)20(31)25(17)10-6-5-9-22/h13H,5-8,10-11H2,1-4H3,(H2,23,29)(H,24,30). The van der Waals surface area contributed by atoms with Crippen molar-refractivity contribution >= 4 is 33.7 Å². The maximum Gasteiger partial charge on any atom is 0.426 e. The number of carbonyl (C=O) groups excluding carboxylic acids is 2. The number of carbonyl (C=O) groups is 2. The van der Waals surface area contributed by atoms with Gasteiger partial charge in [0.2, 0.25) is 0 Å². The number of hydrazine groups is 1. The van der Waals surface area contributed by atoms with E-state index in [9.17, 15) is 19.2 Å². The van der Waals surface area contributed by atoms with E-state index in [0.717, 1.165) is 17.9 Å². The van der Waals surface area contributed by atoms with Gasteiger partial charge >= 0.3 is 17.8 Å². The molecule has 33 heavy (non-hydrogen) atoms. The number of thiophene rings is 1. The Kier molecular flexibility index (Phi) is 6.83. The number of urea groups is 1. The van der Waals surface area contributed by atoms with Crippen LogP contribution in [0.4, 0.5) is 9.59 Å². The van der Waals surface area contributed by atoms with Gasteiger partial charge in [0, 0.05) is 23.9 Å². The fraction of sp³-hybridized carbons (Fsp3) is 0.571. The van der Waals surface area contributed by atoms with Gasteiger partial charge in [-0.2, -0.15) is 5.26 Å². The van der Waals surface area contributed by atoms with Crippen molar-refractivity contribution in [2.45, 2.75) is 78.1 Å². The first-order valence-electron chi connectivity index (χ1n) is 10.7. The summed E-state index contributed by atoms with van der Waals surface area (Å²) in [6.07, 6.45) is 1.44. The molecule has 0 aromatic carbocycles. The number of nitrogens with zero attached hydrogens (tertiary/aromatic N) is 4. The molecular weight excluding hydrogens is 448 g/mol. The van der Waals surface area contributed by atoms with E-state index >= 15 is 0 Å². The summed E-state index contributed by atoms with van der Waals surface area (Å²) in [4.78, 5) is 51.5. The Morgan fingerprint density at radius 2 is 2.00 bits per heavy atom. The molecule has 0 atom stereocenters. The average Bonchev–Trinajstić information content (AvgIpc) is 3.46. The van der Waals surface area contributed by atoms with Crippen LogP contribution >= 0.6 is 11.3 Å². The number of hydrogen-bond donors (Lipinski definition) is 2. The fourth-order valence-corrected chi connectivity index (χ4v) is 4.76. The Hall–Kier alpha value is -3.33. The van der Waals surface area contributed by atoms with Crippen LogP contribution in [0.1, 0.15) is 62.9 Å². The lowest BCUT2D eigenvalue weighted by Crippen LogP contribution is -2.49. The number of fused-ring (bicyclic) bond motifs is 1. The van der Waals surface area contributed by atoms with Crippen LogP contribution in [0.15, 0.2) is 9.59 Å². The third-order valence-corrected chi connectivity index (χ3v) is 6.42. The molecule has 0 radical (unpaired) electrons. The quantitative estimate of drug-likeness (QED) is 0.482. The molecule has 11 nitrogen and oxygen atoms in total. The molecule has 3 N–H and O–H groups in total. The van der Waals surface area contributed by atoms with E-state index in [2.05, 4.69) is 11.5 Å². The predicted octanol–water partition coefficient (Wildman–Crippen LogP) is 2.49. The minimum atomic E-state index is -0.903. The summed E-state index contributed by atoms with van der Waals surface area (Å²) < 4.78 is 8.01. The second kappa shape index (κ2) is 9.27. The molecule has 0 unspecified atom stereocenters. The highest BCUT2D eigenvalue weighted by molar-refractivity contribution is 7.18. The molecule has 1 aliphatic carbocycles. The molecule has 178 valence electrons. The topological polar surface area (TPSA) is 152 Å². The third-order valence-electron chi connectivity index (χ3n) is 5.12. The number of nitrogens with two attached hydrogens (primary N) is 1. The van der Waals surface area contributed by atoms with E-state index in [1.54, 1.807) is 27.7 Å². The predicted molar refractivity (Wildman–Crippen MR) is 123 cm³/mol. The Labute approximate surface area is 194 Å². The SMILES string of the molecule is Cc1c(CN(NC(=O)OC(C)(C)C)C(N)=O)sc2c1c(=O)n(C1CC1)c(=O)n2CCCC#N. The van der Waals surface area contributed by atoms with E-state index in [1.807, 2.05) is 0 Å². The van der Waals surface area contributed by atoms with Crippen LogP contribution in [0.5, 0.6) is 0 Å². The van der Waals surface area contributed by atoms with Gasteiger partial charge in [0.05, 0.1) is 18.0 Å². The van der Waals surface area contributed by atoms with Crippen LogP contribution in [0.3, 0.4) is 0 Å². The number of aromatic nitrogens is 2. The first kappa shape index (κ1) is 24.3. The van der Waals surface area contributed by atoms with E-state index in [0.29, 0.717) is 33.6 Å². The maximum absolute atomic E-state index is 13.2. The summed E-state index contributed by atoms with van der Waals surface area (Å²) in [5, 5.41) is 10.2. The van der Waals surface area contributed by atoms with Crippen LogP contribution in [0, 0.1) is 18.3 Å². The Morgan fingerprint density at radius 3 is 2.55 bits per heavy atom. The lowest BCUT2D eigenvalue weighted by molar-refractivity contribution is 0.0376. The minimum Gasteiger partial charge on any atom is -0.443 e. The van der Waals surface area contributed by atoms with Crippen LogP contribution in [0.2, 0.25) is 0 Å². The van der Waals surface area contributed by atoms with E-state index < -0.39 is 17.7 Å². The molecule has 1 aliphatic rings. The summed E-state index contributed by atoms with van der Waals surface area (Å²) in [7, 11) is 0. The highest BCUT2D eigenvalue weighted by Crippen LogP contribution is 2.34. The van der Waals surface area contributed by atoms with Gasteiger partial charge in [0.15, 0.2) is 0 Å². The van der Waals surface area contributed by atoms with Crippen molar-refractivity contribution in [3.8, 4) is 6.07 Å². The van der Waals surface area contributed by atoms with Crippen molar-refractivity contribution in [2.75, 3.05) is 0 Å². The number of unbranched alkanes of at least 4 members (excludes halogenated alkanes) is 1. The number of ether oxygens (including phenoxy) is 1. The van der Waals surface area contributed by atoms with Crippen molar-refractivity contribution in [2.24, 2.45) is 5.73 Å². The molecule has 1 saturated carbocycles. The first-order chi connectivity index (χ1) is 15.4. The summed E-state index contributed by atoms with van der Waals surface area (Å²) in [6.45, 7) is 7.00. The van der Waals surface area contributed by atoms with Crippen LogP contribution in [-0.2, 0) is 17.8 Å². The zero-order valence-electron chi connectivity index (χ0n) is 19.1. The third kappa shape index (κ3) is 5.36. The molecule has 0 saturated heterocycles. The highest BCUT2D eigenvalue weighted by Gasteiger charge is 2.31. The van der Waals surface area contributed by atoms with Gasteiger partial charge in [-0.05, 0) is 52.5 Å². The van der Waals surface area contributed by atoms with Crippen molar-refractivity contribution in [3.05, 3.63) is 31.3 Å². The van der Waals surface area contributed by atoms with Gasteiger partial charge in [-0.25, -0.2) is 24.8 Å². The molecule has 12 heteroatoms. The summed E-state index contributed by atoms with van der Waals surface area (Å²) >= 11 is 1.19. The van der Waals surface area contributed by atoms with Crippen molar-refractivity contribution < 1.29 is 14.3 Å². The summed E-state index contributed by atoms with van der Waals surface area (Å²) in [6, 6.07) is 1.05. The Morgan fingerprint density at radius 1 is 1.33 bits per heavy atom. The van der Waals surface area contributed by atoms with Crippen molar-refractivity contribution in [1.29, 1.82) is 5.26 Å². The average molecular weight is 477 g/mol. The summed E-state index contributed by atoms with van der Waals surface area (Å²) in [5.74, 6) is 0. The Balaban J connectivity index is 2.03. The van der Waals surface area contributed by atoms with E-state index in [4.69, 9.17) is 15.7 Å². The molecule has 2 heterocycles. The summed E-state index contributed by atoms with van der Waals surface area (Å²) in [5.41, 5.74) is 6.87. The molecule has 3 rings (SSSR count). The van der Waals surface area contributed by atoms with Crippen LogP contribution < -0.4 is 22.4 Å². The smallest absolute Gasteiger partial charge is 0.426 e. The van der Waals surface area contributed by atoms with Gasteiger partial charge in [-0.3, -0.25) is 13.9 Å². The van der Waals surface area contributed by atoms with Crippen LogP contribution in [0.25, 0.3) is 10.2 Å². The normalized spacial score (nSPS) is 13.5. The second-order valence-electron chi connectivity index (χ2n) is 8.97. The van der Waals surface area contributed by atoms with E-state index in [1.165, 1.54) is 20.5 Å². The number of nitriles is 1. The van der Waals surface area contributed by atoms with Gasteiger partial charge in [-0.1, -0.05) is 0 Å². The molecule has 1 fully saturated rings. The fourth-order valence-electron chi connectivity index (χ4n) is 3.46. The zero-order valence-corrected chi connectivity index (χ0v) is 20.0. The monoisotopic (exact) mass is 476 g/mol. The number of hydrogen-bond acceptors (Lipinski definition) is 7. The van der Waals surface area contributed by atoms with Gasteiger partial charge < -0.3 is 10.5 Å².